The van der Waals surface area contributed by atoms with Gasteiger partial charge in [-0.05, 0) is 49.4 Å². The average molecular weight is 259 g/mol. The van der Waals surface area contributed by atoms with Gasteiger partial charge in [-0.3, -0.25) is 0 Å². The van der Waals surface area contributed by atoms with E-state index in [2.05, 4.69) is 5.32 Å². The van der Waals surface area contributed by atoms with E-state index < -0.39 is 0 Å². The first-order chi connectivity index (χ1) is 9.20. The van der Waals surface area contributed by atoms with E-state index in [1.54, 1.807) is 12.1 Å². The van der Waals surface area contributed by atoms with Crippen molar-refractivity contribution >= 4 is 0 Å². The predicted octanol–water partition coefficient (Wildman–Crippen LogP) is 3.47. The van der Waals surface area contributed by atoms with Crippen LogP contribution >= 0.6 is 0 Å². The Hall–Kier alpha value is -1.87. The van der Waals surface area contributed by atoms with E-state index in [0.717, 1.165) is 16.9 Å². The molecule has 1 unspecified atom stereocenters. The van der Waals surface area contributed by atoms with Crippen LogP contribution < -0.4 is 10.1 Å². The van der Waals surface area contributed by atoms with Gasteiger partial charge in [0.1, 0.15) is 18.2 Å². The van der Waals surface area contributed by atoms with E-state index in [1.807, 2.05) is 44.3 Å². The van der Waals surface area contributed by atoms with Crippen LogP contribution in [-0.4, -0.2) is 13.7 Å². The lowest BCUT2D eigenvalue weighted by Gasteiger charge is -2.19. The van der Waals surface area contributed by atoms with Gasteiger partial charge in [0, 0.05) is 0 Å². The molecule has 0 aliphatic heterocycles. The summed E-state index contributed by atoms with van der Waals surface area (Å²) in [6.07, 6.45) is 0. The Morgan fingerprint density at radius 2 is 1.89 bits per heavy atom. The molecule has 0 fully saturated rings. The minimum atomic E-state index is -0.208. The highest BCUT2D eigenvalue weighted by Crippen LogP contribution is 2.20. The maximum absolute atomic E-state index is 13.1. The summed E-state index contributed by atoms with van der Waals surface area (Å²) in [6.45, 7) is 2.41. The van der Waals surface area contributed by atoms with Gasteiger partial charge in [-0.2, -0.15) is 0 Å². The van der Waals surface area contributed by atoms with Gasteiger partial charge in [0.15, 0.2) is 0 Å². The number of para-hydroxylation sites is 1. The molecule has 0 aliphatic carbocycles. The first-order valence-electron chi connectivity index (χ1n) is 6.32. The maximum Gasteiger partial charge on any atom is 0.123 e. The number of aryl methyl sites for hydroxylation is 1. The molecule has 100 valence electrons. The van der Waals surface area contributed by atoms with Crippen LogP contribution in [0.1, 0.15) is 17.2 Å². The molecule has 19 heavy (non-hydrogen) atoms. The molecule has 0 aliphatic rings. The third-order valence-electron chi connectivity index (χ3n) is 3.12. The number of benzene rings is 2. The Morgan fingerprint density at radius 3 is 2.53 bits per heavy atom. The molecule has 0 saturated heterocycles. The van der Waals surface area contributed by atoms with E-state index in [-0.39, 0.29) is 11.9 Å². The number of hydrogen-bond donors (Lipinski definition) is 1. The summed E-state index contributed by atoms with van der Waals surface area (Å²) < 4.78 is 18.9. The van der Waals surface area contributed by atoms with Crippen molar-refractivity contribution in [1.82, 2.24) is 5.32 Å². The van der Waals surface area contributed by atoms with Gasteiger partial charge in [0.2, 0.25) is 0 Å². The fourth-order valence-electron chi connectivity index (χ4n) is 2.05. The molecule has 3 heteroatoms. The molecule has 1 atom stereocenters. The van der Waals surface area contributed by atoms with Gasteiger partial charge in [-0.25, -0.2) is 4.39 Å². The lowest BCUT2D eigenvalue weighted by Crippen LogP contribution is -2.24. The molecular formula is C16H18FNO. The number of likely N-dealkylation sites (N-methyl/N-ethyl adjacent to an activating group) is 1. The second-order valence-corrected chi connectivity index (χ2v) is 4.47. The molecule has 2 aromatic rings. The van der Waals surface area contributed by atoms with Crippen LogP contribution in [0.2, 0.25) is 0 Å². The van der Waals surface area contributed by atoms with Gasteiger partial charge in [-0.1, -0.05) is 24.3 Å². The first kappa shape index (κ1) is 13.6. The SMILES string of the molecule is CNC(COc1ccccc1)c1ccc(F)cc1C. The Kier molecular flexibility index (Phi) is 4.53. The fraction of sp³-hybridized carbons (Fsp3) is 0.250. The summed E-state index contributed by atoms with van der Waals surface area (Å²) in [6, 6.07) is 14.5. The van der Waals surface area contributed by atoms with E-state index in [0.29, 0.717) is 6.61 Å². The van der Waals surface area contributed by atoms with Gasteiger partial charge < -0.3 is 10.1 Å². The van der Waals surface area contributed by atoms with Gasteiger partial charge in [-0.15, -0.1) is 0 Å². The van der Waals surface area contributed by atoms with Gasteiger partial charge in [0.05, 0.1) is 6.04 Å². The molecule has 0 radical (unpaired) electrons. The molecule has 2 rings (SSSR count). The van der Waals surface area contributed by atoms with Crippen LogP contribution in [0.3, 0.4) is 0 Å². The Balaban J connectivity index is 2.08. The summed E-state index contributed by atoms with van der Waals surface area (Å²) in [7, 11) is 1.88. The monoisotopic (exact) mass is 259 g/mol. The van der Waals surface area contributed by atoms with Crippen molar-refractivity contribution in [3.05, 3.63) is 65.5 Å². The second-order valence-electron chi connectivity index (χ2n) is 4.47. The summed E-state index contributed by atoms with van der Waals surface area (Å²) in [5.41, 5.74) is 1.98. The van der Waals surface area contributed by atoms with Crippen molar-refractivity contribution in [3.8, 4) is 5.75 Å². The molecule has 0 bridgehead atoms. The Labute approximate surface area is 113 Å². The van der Waals surface area contributed by atoms with Gasteiger partial charge in [0.25, 0.3) is 0 Å². The largest absolute Gasteiger partial charge is 0.492 e. The zero-order valence-electron chi connectivity index (χ0n) is 11.2. The van der Waals surface area contributed by atoms with E-state index in [4.69, 9.17) is 4.74 Å². The Morgan fingerprint density at radius 1 is 1.16 bits per heavy atom. The van der Waals surface area contributed by atoms with Crippen molar-refractivity contribution in [2.75, 3.05) is 13.7 Å². The normalized spacial score (nSPS) is 12.2. The van der Waals surface area contributed by atoms with E-state index in [9.17, 15) is 4.39 Å². The van der Waals surface area contributed by atoms with Crippen molar-refractivity contribution in [2.45, 2.75) is 13.0 Å². The standard InChI is InChI=1S/C16H18FNO/c1-12-10-13(17)8-9-15(12)16(18-2)11-19-14-6-4-3-5-7-14/h3-10,16,18H,11H2,1-2H3. The number of rotatable bonds is 5. The molecule has 0 amide bonds. The maximum atomic E-state index is 13.1. The van der Waals surface area contributed by atoms with Crippen LogP contribution in [-0.2, 0) is 0 Å². The molecular weight excluding hydrogens is 241 g/mol. The second kappa shape index (κ2) is 6.34. The fourth-order valence-corrected chi connectivity index (χ4v) is 2.05. The van der Waals surface area contributed by atoms with Crippen molar-refractivity contribution in [3.63, 3.8) is 0 Å². The first-order valence-corrected chi connectivity index (χ1v) is 6.32. The molecule has 0 saturated carbocycles. The highest BCUT2D eigenvalue weighted by Gasteiger charge is 2.13. The molecule has 0 aromatic heterocycles. The molecule has 1 N–H and O–H groups in total. The minimum Gasteiger partial charge on any atom is -0.492 e. The summed E-state index contributed by atoms with van der Waals surface area (Å²) in [5, 5.41) is 3.20. The lowest BCUT2D eigenvalue weighted by atomic mass is 10.0. The predicted molar refractivity (Wildman–Crippen MR) is 74.9 cm³/mol. The molecule has 0 heterocycles. The molecule has 2 nitrogen and oxygen atoms in total. The third-order valence-corrected chi connectivity index (χ3v) is 3.12. The summed E-state index contributed by atoms with van der Waals surface area (Å²) in [4.78, 5) is 0. The lowest BCUT2D eigenvalue weighted by molar-refractivity contribution is 0.272. The number of ether oxygens (including phenoxy) is 1. The highest BCUT2D eigenvalue weighted by molar-refractivity contribution is 5.30. The van der Waals surface area contributed by atoms with Crippen LogP contribution in [0, 0.1) is 12.7 Å². The minimum absolute atomic E-state index is 0.0424. The Bertz CT molecular complexity index is 528. The van der Waals surface area contributed by atoms with Crippen LogP contribution in [0.4, 0.5) is 4.39 Å². The quantitative estimate of drug-likeness (QED) is 0.887. The van der Waals surface area contributed by atoms with E-state index >= 15 is 0 Å². The van der Waals surface area contributed by atoms with Gasteiger partial charge >= 0.3 is 0 Å². The average Bonchev–Trinajstić information content (AvgIpc) is 2.42. The van der Waals surface area contributed by atoms with Crippen molar-refractivity contribution < 1.29 is 9.13 Å². The molecule has 2 aromatic carbocycles. The zero-order chi connectivity index (χ0) is 13.7. The van der Waals surface area contributed by atoms with Crippen LogP contribution in [0.25, 0.3) is 0 Å². The smallest absolute Gasteiger partial charge is 0.123 e. The number of hydrogen-bond acceptors (Lipinski definition) is 2. The summed E-state index contributed by atoms with van der Waals surface area (Å²) in [5.74, 6) is 0.627. The highest BCUT2D eigenvalue weighted by atomic mass is 19.1. The third kappa shape index (κ3) is 3.55. The van der Waals surface area contributed by atoms with E-state index in [1.165, 1.54) is 6.07 Å². The number of nitrogens with one attached hydrogen (secondary N) is 1. The zero-order valence-corrected chi connectivity index (χ0v) is 11.2. The van der Waals surface area contributed by atoms with Crippen LogP contribution in [0.5, 0.6) is 5.75 Å². The van der Waals surface area contributed by atoms with Crippen molar-refractivity contribution in [1.29, 1.82) is 0 Å². The topological polar surface area (TPSA) is 21.3 Å². The van der Waals surface area contributed by atoms with Crippen molar-refractivity contribution in [2.24, 2.45) is 0 Å². The molecule has 0 spiro atoms. The summed E-state index contributed by atoms with van der Waals surface area (Å²) >= 11 is 0. The van der Waals surface area contributed by atoms with Crippen LogP contribution in [0.15, 0.2) is 48.5 Å². The number of halogens is 1.